The van der Waals surface area contributed by atoms with E-state index in [0.29, 0.717) is 21.8 Å². The van der Waals surface area contributed by atoms with Gasteiger partial charge >= 0.3 is 0 Å². The molecule has 0 aliphatic heterocycles. The Morgan fingerprint density at radius 1 is 1.07 bits per heavy atom. The highest BCUT2D eigenvalue weighted by Gasteiger charge is 2.11. The molecular formula is C20H16N4O3S. The van der Waals surface area contributed by atoms with Crippen LogP contribution < -0.4 is 5.73 Å². The minimum atomic E-state index is -1.48. The number of hydrogen-bond donors (Lipinski definition) is 1. The highest BCUT2D eigenvalue weighted by Crippen LogP contribution is 2.24. The van der Waals surface area contributed by atoms with Gasteiger partial charge in [0.15, 0.2) is 16.7 Å². The molecular weight excluding hydrogens is 376 g/mol. The van der Waals surface area contributed by atoms with Crippen molar-refractivity contribution in [1.29, 1.82) is 0 Å². The maximum atomic E-state index is 11.7. The molecule has 1 amide bonds. The molecule has 0 aliphatic carbocycles. The summed E-state index contributed by atoms with van der Waals surface area (Å²) in [6, 6.07) is 17.9. The van der Waals surface area contributed by atoms with E-state index in [0.717, 1.165) is 16.8 Å². The summed E-state index contributed by atoms with van der Waals surface area (Å²) in [7, 11) is 1.40. The van der Waals surface area contributed by atoms with Crippen LogP contribution in [-0.2, 0) is 15.3 Å². The molecule has 4 aromatic rings. The summed E-state index contributed by atoms with van der Waals surface area (Å²) < 4.78 is 18.3. The summed E-state index contributed by atoms with van der Waals surface area (Å²) in [6.45, 7) is 0. The summed E-state index contributed by atoms with van der Waals surface area (Å²) in [6.07, 6.45) is 1.73. The third-order valence-electron chi connectivity index (χ3n) is 4.30. The van der Waals surface area contributed by atoms with Gasteiger partial charge in [0.2, 0.25) is 5.91 Å². The van der Waals surface area contributed by atoms with Gasteiger partial charge in [-0.2, -0.15) is 5.10 Å². The highest BCUT2D eigenvalue weighted by molar-refractivity contribution is 7.80. The minimum Gasteiger partial charge on any atom is -0.366 e. The smallest absolute Gasteiger partial charge is 0.248 e. The number of rotatable bonds is 5. The third kappa shape index (κ3) is 3.30. The molecule has 2 heterocycles. The van der Waals surface area contributed by atoms with Gasteiger partial charge in [-0.15, -0.1) is 0 Å². The molecule has 2 aromatic carbocycles. The summed E-state index contributed by atoms with van der Waals surface area (Å²) in [5.41, 5.74) is 9.62. The SMILES string of the molecule is COS(=O)c1ccc(-c2cnc3ccc(-c4cccc(C(N)=O)c4)nn23)cc1. The lowest BCUT2D eigenvalue weighted by molar-refractivity contribution is 0.100. The third-order valence-corrected chi connectivity index (χ3v) is 5.26. The molecule has 0 bridgehead atoms. The average molecular weight is 392 g/mol. The lowest BCUT2D eigenvalue weighted by Crippen LogP contribution is -2.10. The van der Waals surface area contributed by atoms with Crippen LogP contribution in [0.1, 0.15) is 10.4 Å². The van der Waals surface area contributed by atoms with E-state index in [1.54, 1.807) is 41.0 Å². The van der Waals surface area contributed by atoms with E-state index in [1.807, 2.05) is 30.3 Å². The molecule has 28 heavy (non-hydrogen) atoms. The Labute approximate surface area is 163 Å². The Morgan fingerprint density at radius 2 is 1.86 bits per heavy atom. The predicted molar refractivity (Wildman–Crippen MR) is 106 cm³/mol. The number of carbonyl (C=O) groups is 1. The highest BCUT2D eigenvalue weighted by atomic mass is 32.2. The fourth-order valence-electron chi connectivity index (χ4n) is 2.89. The van der Waals surface area contributed by atoms with Gasteiger partial charge in [0, 0.05) is 16.7 Å². The van der Waals surface area contributed by atoms with Crippen molar-refractivity contribution in [2.45, 2.75) is 4.90 Å². The Hall–Kier alpha value is -3.36. The molecule has 4 rings (SSSR count). The largest absolute Gasteiger partial charge is 0.366 e. The van der Waals surface area contributed by atoms with E-state index < -0.39 is 17.0 Å². The molecule has 0 spiro atoms. The lowest BCUT2D eigenvalue weighted by Gasteiger charge is -2.06. The van der Waals surface area contributed by atoms with E-state index in [4.69, 9.17) is 9.92 Å². The second-order valence-corrected chi connectivity index (χ2v) is 7.28. The van der Waals surface area contributed by atoms with Crippen LogP contribution in [0.4, 0.5) is 0 Å². The Morgan fingerprint density at radius 3 is 2.57 bits per heavy atom. The molecule has 0 saturated heterocycles. The average Bonchev–Trinajstić information content (AvgIpc) is 3.16. The van der Waals surface area contributed by atoms with Crippen molar-refractivity contribution in [1.82, 2.24) is 14.6 Å². The number of imidazole rings is 1. The summed E-state index contributed by atoms with van der Waals surface area (Å²) in [5.74, 6) is -0.486. The van der Waals surface area contributed by atoms with E-state index in [-0.39, 0.29) is 0 Å². The Bertz CT molecular complexity index is 1200. The molecule has 2 N–H and O–H groups in total. The first kappa shape index (κ1) is 18.0. The number of benzene rings is 2. The normalized spacial score (nSPS) is 12.2. The fourth-order valence-corrected chi connectivity index (χ4v) is 3.44. The van der Waals surface area contributed by atoms with Crippen molar-refractivity contribution < 1.29 is 13.2 Å². The quantitative estimate of drug-likeness (QED) is 0.563. The van der Waals surface area contributed by atoms with Crippen LogP contribution in [0.3, 0.4) is 0 Å². The maximum Gasteiger partial charge on any atom is 0.248 e. The second-order valence-electron chi connectivity index (χ2n) is 6.00. The Kier molecular flexibility index (Phi) is 4.72. The van der Waals surface area contributed by atoms with Gasteiger partial charge < -0.3 is 5.73 Å². The number of nitrogens with two attached hydrogens (primary N) is 1. The second kappa shape index (κ2) is 7.34. The van der Waals surface area contributed by atoms with Crippen LogP contribution in [0.2, 0.25) is 0 Å². The molecule has 0 fully saturated rings. The molecule has 0 radical (unpaired) electrons. The first-order valence-corrected chi connectivity index (χ1v) is 9.46. The number of aromatic nitrogens is 3. The lowest BCUT2D eigenvalue weighted by atomic mass is 10.1. The summed E-state index contributed by atoms with van der Waals surface area (Å²) in [5, 5.41) is 4.67. The van der Waals surface area contributed by atoms with Crippen LogP contribution in [0.25, 0.3) is 28.2 Å². The van der Waals surface area contributed by atoms with Crippen LogP contribution in [0.5, 0.6) is 0 Å². The monoisotopic (exact) mass is 392 g/mol. The zero-order valence-corrected chi connectivity index (χ0v) is 15.7. The summed E-state index contributed by atoms with van der Waals surface area (Å²) >= 11 is -1.48. The molecule has 0 saturated carbocycles. The van der Waals surface area contributed by atoms with Crippen molar-refractivity contribution in [3.05, 3.63) is 72.4 Å². The van der Waals surface area contributed by atoms with Crippen molar-refractivity contribution in [2.24, 2.45) is 5.73 Å². The van der Waals surface area contributed by atoms with Crippen LogP contribution in [0.15, 0.2) is 71.8 Å². The molecule has 8 heteroatoms. The molecule has 1 unspecified atom stereocenters. The van der Waals surface area contributed by atoms with Gasteiger partial charge in [0.25, 0.3) is 0 Å². The predicted octanol–water partition coefficient (Wildman–Crippen LogP) is 2.83. The van der Waals surface area contributed by atoms with E-state index >= 15 is 0 Å². The number of fused-ring (bicyclic) bond motifs is 1. The van der Waals surface area contributed by atoms with Crippen LogP contribution in [-0.4, -0.2) is 31.8 Å². The van der Waals surface area contributed by atoms with Gasteiger partial charge in [0.1, 0.15) is 0 Å². The summed E-state index contributed by atoms with van der Waals surface area (Å²) in [4.78, 5) is 16.4. The van der Waals surface area contributed by atoms with Crippen LogP contribution >= 0.6 is 0 Å². The number of carbonyl (C=O) groups excluding carboxylic acids is 1. The molecule has 0 aliphatic rings. The van der Waals surface area contributed by atoms with Gasteiger partial charge in [0.05, 0.1) is 29.6 Å². The number of primary amides is 1. The van der Waals surface area contributed by atoms with E-state index in [1.165, 1.54) is 7.11 Å². The zero-order valence-electron chi connectivity index (χ0n) is 14.9. The molecule has 7 nitrogen and oxygen atoms in total. The molecule has 140 valence electrons. The molecule has 1 atom stereocenters. The zero-order chi connectivity index (χ0) is 19.7. The van der Waals surface area contributed by atoms with Gasteiger partial charge in [-0.3, -0.25) is 8.98 Å². The molecule has 2 aromatic heterocycles. The first-order chi connectivity index (χ1) is 13.6. The Balaban J connectivity index is 1.77. The topological polar surface area (TPSA) is 99.6 Å². The van der Waals surface area contributed by atoms with E-state index in [9.17, 15) is 9.00 Å². The minimum absolute atomic E-state index is 0.423. The number of hydrogen-bond acceptors (Lipinski definition) is 5. The van der Waals surface area contributed by atoms with E-state index in [2.05, 4.69) is 10.1 Å². The van der Waals surface area contributed by atoms with Gasteiger partial charge in [-0.1, -0.05) is 24.3 Å². The standard InChI is InChI=1S/C20H16N4O3S/c1-27-28(26)16-7-5-13(6-8-16)18-12-22-19-10-9-17(23-24(18)19)14-3-2-4-15(11-14)20(21)25/h2-12H,1H3,(H2,21,25). The van der Waals surface area contributed by atoms with Crippen molar-refractivity contribution >= 4 is 22.6 Å². The van der Waals surface area contributed by atoms with Crippen molar-refractivity contribution in [3.8, 4) is 22.5 Å². The number of amides is 1. The van der Waals surface area contributed by atoms with Crippen molar-refractivity contribution in [3.63, 3.8) is 0 Å². The fraction of sp³-hybridized carbons (Fsp3) is 0.0500. The number of nitrogens with zero attached hydrogens (tertiary/aromatic N) is 3. The first-order valence-electron chi connectivity index (χ1n) is 8.38. The van der Waals surface area contributed by atoms with Gasteiger partial charge in [-0.25, -0.2) is 13.7 Å². The van der Waals surface area contributed by atoms with Crippen LogP contribution in [0, 0.1) is 0 Å². The van der Waals surface area contributed by atoms with Crippen molar-refractivity contribution in [2.75, 3.05) is 7.11 Å². The van der Waals surface area contributed by atoms with Gasteiger partial charge in [-0.05, 0) is 36.4 Å². The maximum absolute atomic E-state index is 11.7.